The Labute approximate surface area is 129 Å². The van der Waals surface area contributed by atoms with Crippen LogP contribution in [0.1, 0.15) is 41.9 Å². The van der Waals surface area contributed by atoms with Crippen LogP contribution in [0.25, 0.3) is 10.9 Å². The number of hydrogen-bond donors (Lipinski definition) is 3. The lowest BCUT2D eigenvalue weighted by atomic mass is 9.99. The summed E-state index contributed by atoms with van der Waals surface area (Å²) < 4.78 is 0. The summed E-state index contributed by atoms with van der Waals surface area (Å²) in [6.07, 6.45) is 0.683. The van der Waals surface area contributed by atoms with Gasteiger partial charge >= 0.3 is 5.97 Å². The molecule has 3 N–H and O–H groups in total. The monoisotopic (exact) mass is 302 g/mol. The first kappa shape index (κ1) is 16.1. The topological polar surface area (TPSA) is 82.2 Å². The van der Waals surface area contributed by atoms with Crippen molar-refractivity contribution in [3.63, 3.8) is 0 Å². The molecule has 0 bridgehead atoms. The van der Waals surface area contributed by atoms with Crippen molar-refractivity contribution in [2.45, 2.75) is 40.2 Å². The lowest BCUT2D eigenvalue weighted by molar-refractivity contribution is -0.140. The quantitative estimate of drug-likeness (QED) is 0.794. The Morgan fingerprint density at radius 3 is 2.59 bits per heavy atom. The fourth-order valence-electron chi connectivity index (χ4n) is 2.48. The van der Waals surface area contributed by atoms with Gasteiger partial charge in [0.15, 0.2) is 0 Å². The number of carbonyl (C=O) groups excluding carboxylic acids is 1. The number of aryl methyl sites for hydroxylation is 2. The van der Waals surface area contributed by atoms with Gasteiger partial charge in [-0.25, -0.2) is 4.79 Å². The van der Waals surface area contributed by atoms with Gasteiger partial charge in [-0.1, -0.05) is 26.3 Å². The molecule has 0 spiro atoms. The molecule has 118 valence electrons. The predicted octanol–water partition coefficient (Wildman–Crippen LogP) is 3.01. The van der Waals surface area contributed by atoms with Crippen molar-refractivity contribution in [1.82, 2.24) is 10.3 Å². The highest BCUT2D eigenvalue weighted by Crippen LogP contribution is 2.22. The summed E-state index contributed by atoms with van der Waals surface area (Å²) in [6.45, 7) is 7.75. The van der Waals surface area contributed by atoms with Crippen LogP contribution in [-0.2, 0) is 4.79 Å². The number of benzene rings is 1. The van der Waals surface area contributed by atoms with E-state index in [0.29, 0.717) is 12.1 Å². The van der Waals surface area contributed by atoms with E-state index in [2.05, 4.69) is 10.3 Å². The van der Waals surface area contributed by atoms with Gasteiger partial charge in [-0.15, -0.1) is 0 Å². The number of aromatic amines is 1. The molecule has 2 rings (SSSR count). The van der Waals surface area contributed by atoms with Crippen LogP contribution in [0.5, 0.6) is 0 Å². The molecular weight excluding hydrogens is 280 g/mol. The van der Waals surface area contributed by atoms with Gasteiger partial charge in [0.1, 0.15) is 11.7 Å². The van der Waals surface area contributed by atoms with Crippen LogP contribution in [-0.4, -0.2) is 28.0 Å². The molecule has 0 aliphatic rings. The molecule has 0 fully saturated rings. The number of H-pyrrole nitrogens is 1. The van der Waals surface area contributed by atoms with Crippen LogP contribution in [0.2, 0.25) is 0 Å². The average molecular weight is 302 g/mol. The highest BCUT2D eigenvalue weighted by Gasteiger charge is 2.26. The van der Waals surface area contributed by atoms with E-state index in [9.17, 15) is 14.7 Å². The molecule has 1 aromatic carbocycles. The van der Waals surface area contributed by atoms with Crippen LogP contribution in [0.15, 0.2) is 18.2 Å². The van der Waals surface area contributed by atoms with E-state index in [-0.39, 0.29) is 11.8 Å². The van der Waals surface area contributed by atoms with E-state index < -0.39 is 12.0 Å². The maximum Gasteiger partial charge on any atom is 0.326 e. The largest absolute Gasteiger partial charge is 0.480 e. The van der Waals surface area contributed by atoms with E-state index in [1.54, 1.807) is 6.07 Å². The molecule has 2 aromatic rings. The zero-order chi connectivity index (χ0) is 16.4. The molecule has 1 heterocycles. The second-order valence-electron chi connectivity index (χ2n) is 5.83. The van der Waals surface area contributed by atoms with Gasteiger partial charge in [0, 0.05) is 10.9 Å². The molecule has 1 aromatic heterocycles. The second kappa shape index (κ2) is 6.22. The highest BCUT2D eigenvalue weighted by atomic mass is 16.4. The van der Waals surface area contributed by atoms with Crippen LogP contribution < -0.4 is 5.32 Å². The number of hydrogen-bond acceptors (Lipinski definition) is 2. The summed E-state index contributed by atoms with van der Waals surface area (Å²) in [6, 6.07) is 4.82. The standard InChI is InChI=1S/C17H22N2O3/c1-5-9(2)15(17(21)22)19-16(20)14-8-12-11(4)10(3)6-7-13(12)18-14/h6-9,15,18H,5H2,1-4H3,(H,19,20)(H,21,22)/t9-,15-/m0/s1. The molecule has 0 aliphatic heterocycles. The number of carbonyl (C=O) groups is 2. The molecule has 0 unspecified atom stereocenters. The zero-order valence-corrected chi connectivity index (χ0v) is 13.4. The third kappa shape index (κ3) is 2.98. The summed E-state index contributed by atoms with van der Waals surface area (Å²) in [5.41, 5.74) is 3.54. The lowest BCUT2D eigenvalue weighted by Crippen LogP contribution is -2.45. The maximum absolute atomic E-state index is 12.3. The Kier molecular flexibility index (Phi) is 4.54. The number of aromatic nitrogens is 1. The minimum Gasteiger partial charge on any atom is -0.480 e. The van der Waals surface area contributed by atoms with Gasteiger partial charge in [0.2, 0.25) is 0 Å². The Bertz CT molecular complexity index is 718. The summed E-state index contributed by atoms with van der Waals surface area (Å²) in [5.74, 6) is -1.53. The second-order valence-corrected chi connectivity index (χ2v) is 5.83. The van der Waals surface area contributed by atoms with Crippen molar-refractivity contribution in [2.75, 3.05) is 0 Å². The van der Waals surface area contributed by atoms with Crippen molar-refractivity contribution in [1.29, 1.82) is 0 Å². The number of carboxylic acid groups (broad SMARTS) is 1. The van der Waals surface area contributed by atoms with Crippen molar-refractivity contribution in [3.8, 4) is 0 Å². The number of rotatable bonds is 5. The minimum absolute atomic E-state index is 0.130. The van der Waals surface area contributed by atoms with E-state index in [0.717, 1.165) is 22.0 Å². The fourth-order valence-corrected chi connectivity index (χ4v) is 2.48. The van der Waals surface area contributed by atoms with Gasteiger partial charge in [-0.2, -0.15) is 0 Å². The van der Waals surface area contributed by atoms with Crippen molar-refractivity contribution in [2.24, 2.45) is 5.92 Å². The molecule has 0 radical (unpaired) electrons. The summed E-state index contributed by atoms with van der Waals surface area (Å²) in [7, 11) is 0. The molecule has 0 saturated carbocycles. The molecule has 2 atom stereocenters. The van der Waals surface area contributed by atoms with Crippen molar-refractivity contribution < 1.29 is 14.7 Å². The maximum atomic E-state index is 12.3. The molecule has 5 nitrogen and oxygen atoms in total. The SMILES string of the molecule is CC[C@H](C)[C@H](NC(=O)c1cc2c(C)c(C)ccc2[nH]1)C(=O)O. The number of nitrogens with one attached hydrogen (secondary N) is 2. The Morgan fingerprint density at radius 2 is 2.00 bits per heavy atom. The van der Waals surface area contributed by atoms with Crippen LogP contribution in [0.3, 0.4) is 0 Å². The van der Waals surface area contributed by atoms with Crippen LogP contribution >= 0.6 is 0 Å². The van der Waals surface area contributed by atoms with E-state index in [1.807, 2.05) is 39.8 Å². The van der Waals surface area contributed by atoms with E-state index in [1.165, 1.54) is 0 Å². The third-order valence-electron chi connectivity index (χ3n) is 4.35. The first-order valence-electron chi connectivity index (χ1n) is 7.47. The zero-order valence-electron chi connectivity index (χ0n) is 13.4. The predicted molar refractivity (Wildman–Crippen MR) is 86.1 cm³/mol. The first-order valence-corrected chi connectivity index (χ1v) is 7.47. The van der Waals surface area contributed by atoms with Gasteiger partial charge in [0.05, 0.1) is 0 Å². The molecule has 1 amide bonds. The molecule has 5 heteroatoms. The van der Waals surface area contributed by atoms with E-state index >= 15 is 0 Å². The Morgan fingerprint density at radius 1 is 1.32 bits per heavy atom. The first-order chi connectivity index (χ1) is 10.3. The van der Waals surface area contributed by atoms with Crippen molar-refractivity contribution in [3.05, 3.63) is 35.0 Å². The highest BCUT2D eigenvalue weighted by molar-refractivity contribution is 6.00. The average Bonchev–Trinajstić information content (AvgIpc) is 2.92. The summed E-state index contributed by atoms with van der Waals surface area (Å²) in [5, 5.41) is 12.9. The number of fused-ring (bicyclic) bond motifs is 1. The molecule has 22 heavy (non-hydrogen) atoms. The smallest absolute Gasteiger partial charge is 0.326 e. The molecule has 0 aliphatic carbocycles. The van der Waals surface area contributed by atoms with Crippen LogP contribution in [0.4, 0.5) is 0 Å². The van der Waals surface area contributed by atoms with Gasteiger partial charge in [0.25, 0.3) is 5.91 Å². The van der Waals surface area contributed by atoms with Crippen LogP contribution in [0, 0.1) is 19.8 Å². The van der Waals surface area contributed by atoms with Gasteiger partial charge in [-0.05, 0) is 43.0 Å². The van der Waals surface area contributed by atoms with Gasteiger partial charge < -0.3 is 15.4 Å². The Hall–Kier alpha value is -2.30. The molecular formula is C17H22N2O3. The summed E-state index contributed by atoms with van der Waals surface area (Å²) >= 11 is 0. The third-order valence-corrected chi connectivity index (χ3v) is 4.35. The van der Waals surface area contributed by atoms with E-state index in [4.69, 9.17) is 0 Å². The number of carboxylic acids is 1. The Balaban J connectivity index is 2.29. The minimum atomic E-state index is -1.01. The summed E-state index contributed by atoms with van der Waals surface area (Å²) in [4.78, 5) is 26.7. The number of aliphatic carboxylic acids is 1. The fraction of sp³-hybridized carbons (Fsp3) is 0.412. The van der Waals surface area contributed by atoms with Gasteiger partial charge in [-0.3, -0.25) is 4.79 Å². The van der Waals surface area contributed by atoms with Crippen molar-refractivity contribution >= 4 is 22.8 Å². The number of amides is 1. The molecule has 0 saturated heterocycles. The lowest BCUT2D eigenvalue weighted by Gasteiger charge is -2.19. The normalized spacial score (nSPS) is 13.8.